The summed E-state index contributed by atoms with van der Waals surface area (Å²) in [5.74, 6) is -0.782. The maximum Gasteiger partial charge on any atom is 0.128 e. The van der Waals surface area contributed by atoms with Gasteiger partial charge in [-0.15, -0.1) is 0 Å². The zero-order valence-electron chi connectivity index (χ0n) is 8.34. The van der Waals surface area contributed by atoms with E-state index in [0.717, 1.165) is 25.1 Å². The molecule has 0 aromatic heterocycles. The number of hydrogen-bond donors (Lipinski definition) is 2. The van der Waals surface area contributed by atoms with Gasteiger partial charge < -0.3 is 11.1 Å². The molecule has 1 aliphatic rings. The number of rotatable bonds is 1. The van der Waals surface area contributed by atoms with Crippen molar-refractivity contribution in [2.75, 3.05) is 6.54 Å². The molecule has 0 radical (unpaired) electrons. The van der Waals surface area contributed by atoms with Crippen molar-refractivity contribution in [3.63, 3.8) is 0 Å². The van der Waals surface area contributed by atoms with E-state index >= 15 is 0 Å². The Balaban J connectivity index is 2.24. The van der Waals surface area contributed by atoms with Crippen LogP contribution in [0.25, 0.3) is 0 Å². The SMILES string of the molecule is NC1CCNC(c2cc(F)ccc2F)C1. The minimum Gasteiger partial charge on any atom is -0.328 e. The van der Waals surface area contributed by atoms with Crippen molar-refractivity contribution in [2.24, 2.45) is 5.73 Å². The highest BCUT2D eigenvalue weighted by Crippen LogP contribution is 2.25. The van der Waals surface area contributed by atoms with E-state index in [1.165, 1.54) is 6.07 Å². The zero-order chi connectivity index (χ0) is 10.8. The van der Waals surface area contributed by atoms with Crippen LogP contribution in [0.5, 0.6) is 0 Å². The van der Waals surface area contributed by atoms with Gasteiger partial charge in [-0.05, 0) is 37.6 Å². The predicted octanol–water partition coefficient (Wildman–Crippen LogP) is 1.72. The Labute approximate surface area is 87.5 Å². The summed E-state index contributed by atoms with van der Waals surface area (Å²) in [4.78, 5) is 0. The molecule has 1 aliphatic heterocycles. The number of nitrogens with one attached hydrogen (secondary N) is 1. The minimum absolute atomic E-state index is 0.0684. The molecule has 1 fully saturated rings. The van der Waals surface area contributed by atoms with Crippen molar-refractivity contribution >= 4 is 0 Å². The van der Waals surface area contributed by atoms with Crippen molar-refractivity contribution in [3.8, 4) is 0 Å². The van der Waals surface area contributed by atoms with Crippen LogP contribution in [0, 0.1) is 11.6 Å². The highest BCUT2D eigenvalue weighted by molar-refractivity contribution is 5.23. The Bertz CT molecular complexity index is 354. The van der Waals surface area contributed by atoms with E-state index in [4.69, 9.17) is 5.73 Å². The van der Waals surface area contributed by atoms with E-state index in [-0.39, 0.29) is 17.9 Å². The van der Waals surface area contributed by atoms with Crippen LogP contribution in [0.4, 0.5) is 8.78 Å². The normalized spacial score (nSPS) is 26.6. The topological polar surface area (TPSA) is 38.0 Å². The molecule has 15 heavy (non-hydrogen) atoms. The molecular weight excluding hydrogens is 198 g/mol. The lowest BCUT2D eigenvalue weighted by atomic mass is 9.94. The molecule has 2 rings (SSSR count). The van der Waals surface area contributed by atoms with Crippen molar-refractivity contribution < 1.29 is 8.78 Å². The second kappa shape index (κ2) is 4.24. The molecule has 0 spiro atoms. The third-order valence-electron chi connectivity index (χ3n) is 2.78. The van der Waals surface area contributed by atoms with Gasteiger partial charge in [0, 0.05) is 17.6 Å². The number of nitrogens with two attached hydrogens (primary N) is 1. The average Bonchev–Trinajstić information content (AvgIpc) is 2.22. The lowest BCUT2D eigenvalue weighted by Crippen LogP contribution is -2.39. The van der Waals surface area contributed by atoms with E-state index in [9.17, 15) is 8.78 Å². The highest BCUT2D eigenvalue weighted by atomic mass is 19.1. The standard InChI is InChI=1S/C11H14F2N2/c12-7-1-2-10(13)9(5-7)11-6-8(14)3-4-15-11/h1-2,5,8,11,15H,3-4,6,14H2. The van der Waals surface area contributed by atoms with Crippen LogP contribution in [-0.4, -0.2) is 12.6 Å². The summed E-state index contributed by atoms with van der Waals surface area (Å²) in [6.45, 7) is 0.752. The summed E-state index contributed by atoms with van der Waals surface area (Å²) in [5.41, 5.74) is 6.17. The van der Waals surface area contributed by atoms with E-state index in [1.807, 2.05) is 0 Å². The van der Waals surface area contributed by atoms with E-state index in [0.29, 0.717) is 12.0 Å². The molecule has 1 aromatic rings. The summed E-state index contributed by atoms with van der Waals surface area (Å²) in [6.07, 6.45) is 1.54. The summed E-state index contributed by atoms with van der Waals surface area (Å²) in [5, 5.41) is 3.15. The van der Waals surface area contributed by atoms with Gasteiger partial charge in [-0.25, -0.2) is 8.78 Å². The molecule has 0 amide bonds. The highest BCUT2D eigenvalue weighted by Gasteiger charge is 2.22. The third kappa shape index (κ3) is 2.33. The smallest absolute Gasteiger partial charge is 0.128 e. The quantitative estimate of drug-likeness (QED) is 0.743. The van der Waals surface area contributed by atoms with Gasteiger partial charge in [-0.2, -0.15) is 0 Å². The van der Waals surface area contributed by atoms with Crippen molar-refractivity contribution in [1.82, 2.24) is 5.32 Å². The van der Waals surface area contributed by atoms with Crippen LogP contribution in [0.2, 0.25) is 0 Å². The van der Waals surface area contributed by atoms with E-state index in [2.05, 4.69) is 5.32 Å². The number of hydrogen-bond acceptors (Lipinski definition) is 2. The second-order valence-corrected chi connectivity index (χ2v) is 3.96. The monoisotopic (exact) mass is 212 g/mol. The maximum absolute atomic E-state index is 13.4. The number of piperidine rings is 1. The average molecular weight is 212 g/mol. The van der Waals surface area contributed by atoms with Gasteiger partial charge in [-0.3, -0.25) is 0 Å². The lowest BCUT2D eigenvalue weighted by molar-refractivity contribution is 0.360. The van der Waals surface area contributed by atoms with Gasteiger partial charge in [0.25, 0.3) is 0 Å². The van der Waals surface area contributed by atoms with Crippen LogP contribution in [0.15, 0.2) is 18.2 Å². The number of benzene rings is 1. The van der Waals surface area contributed by atoms with Gasteiger partial charge >= 0.3 is 0 Å². The van der Waals surface area contributed by atoms with Gasteiger partial charge in [0.2, 0.25) is 0 Å². The first-order valence-electron chi connectivity index (χ1n) is 5.10. The molecule has 0 aliphatic carbocycles. The van der Waals surface area contributed by atoms with E-state index in [1.54, 1.807) is 0 Å². The fourth-order valence-corrected chi connectivity index (χ4v) is 1.97. The van der Waals surface area contributed by atoms with Gasteiger partial charge in [0.05, 0.1) is 0 Å². The van der Waals surface area contributed by atoms with Crippen LogP contribution in [-0.2, 0) is 0 Å². The van der Waals surface area contributed by atoms with Crippen molar-refractivity contribution in [2.45, 2.75) is 24.9 Å². The molecule has 4 heteroatoms. The Hall–Kier alpha value is -1.00. The molecule has 0 saturated carbocycles. The molecule has 1 aromatic carbocycles. The van der Waals surface area contributed by atoms with Crippen LogP contribution < -0.4 is 11.1 Å². The third-order valence-corrected chi connectivity index (χ3v) is 2.78. The van der Waals surface area contributed by atoms with Gasteiger partial charge in [-0.1, -0.05) is 0 Å². The van der Waals surface area contributed by atoms with E-state index < -0.39 is 5.82 Å². The van der Waals surface area contributed by atoms with Crippen LogP contribution in [0.1, 0.15) is 24.4 Å². The minimum atomic E-state index is -0.410. The number of halogens is 2. The summed E-state index contributed by atoms with van der Waals surface area (Å²) in [6, 6.07) is 3.43. The maximum atomic E-state index is 13.4. The molecular formula is C11H14F2N2. The fourth-order valence-electron chi connectivity index (χ4n) is 1.97. The molecule has 2 nitrogen and oxygen atoms in total. The summed E-state index contributed by atoms with van der Waals surface area (Å²) in [7, 11) is 0. The van der Waals surface area contributed by atoms with Crippen molar-refractivity contribution in [1.29, 1.82) is 0 Å². The summed E-state index contributed by atoms with van der Waals surface area (Å²) < 4.78 is 26.4. The van der Waals surface area contributed by atoms with Gasteiger partial charge in [0.15, 0.2) is 0 Å². The first kappa shape index (κ1) is 10.5. The predicted molar refractivity (Wildman–Crippen MR) is 54.3 cm³/mol. The second-order valence-electron chi connectivity index (χ2n) is 3.96. The Morgan fingerprint density at radius 1 is 1.33 bits per heavy atom. The first-order valence-corrected chi connectivity index (χ1v) is 5.10. The van der Waals surface area contributed by atoms with Crippen LogP contribution in [0.3, 0.4) is 0 Å². The summed E-state index contributed by atoms with van der Waals surface area (Å²) >= 11 is 0. The zero-order valence-corrected chi connectivity index (χ0v) is 8.34. The molecule has 1 saturated heterocycles. The Morgan fingerprint density at radius 3 is 2.87 bits per heavy atom. The molecule has 3 N–H and O–H groups in total. The Morgan fingerprint density at radius 2 is 2.13 bits per heavy atom. The molecule has 1 heterocycles. The lowest BCUT2D eigenvalue weighted by Gasteiger charge is -2.28. The first-order chi connectivity index (χ1) is 7.16. The molecule has 0 bridgehead atoms. The Kier molecular flexibility index (Phi) is 2.98. The fraction of sp³-hybridized carbons (Fsp3) is 0.455. The van der Waals surface area contributed by atoms with Gasteiger partial charge in [0.1, 0.15) is 11.6 Å². The molecule has 82 valence electrons. The molecule has 2 atom stereocenters. The molecule has 2 unspecified atom stereocenters. The van der Waals surface area contributed by atoms with Crippen LogP contribution >= 0.6 is 0 Å². The largest absolute Gasteiger partial charge is 0.328 e. The van der Waals surface area contributed by atoms with Crippen molar-refractivity contribution in [3.05, 3.63) is 35.4 Å².